The summed E-state index contributed by atoms with van der Waals surface area (Å²) in [5.41, 5.74) is 1.72. The maximum Gasteiger partial charge on any atom is 0.305 e. The highest BCUT2D eigenvalue weighted by atomic mass is 16.5. The first-order chi connectivity index (χ1) is 14.5. The van der Waals surface area contributed by atoms with E-state index in [0.29, 0.717) is 37.2 Å². The molecule has 0 aromatic heterocycles. The van der Waals surface area contributed by atoms with Crippen molar-refractivity contribution in [2.24, 2.45) is 5.41 Å². The van der Waals surface area contributed by atoms with Gasteiger partial charge in [-0.25, -0.2) is 0 Å². The maximum absolute atomic E-state index is 13.4. The molecule has 0 saturated heterocycles. The third kappa shape index (κ3) is 4.87. The number of ether oxygens (including phenoxy) is 3. The van der Waals surface area contributed by atoms with Crippen molar-refractivity contribution in [2.75, 3.05) is 14.2 Å². The van der Waals surface area contributed by atoms with Crippen LogP contribution >= 0.6 is 0 Å². The highest BCUT2D eigenvalue weighted by Gasteiger charge is 2.45. The van der Waals surface area contributed by atoms with Gasteiger partial charge < -0.3 is 14.2 Å². The van der Waals surface area contributed by atoms with Crippen LogP contribution in [0, 0.1) is 5.41 Å². The Balaban J connectivity index is 1.78. The predicted molar refractivity (Wildman–Crippen MR) is 110 cm³/mol. The Morgan fingerprint density at radius 2 is 1.57 bits per heavy atom. The zero-order valence-electron chi connectivity index (χ0n) is 17.3. The van der Waals surface area contributed by atoms with E-state index in [1.807, 2.05) is 42.5 Å². The van der Waals surface area contributed by atoms with E-state index in [9.17, 15) is 14.4 Å². The Morgan fingerprint density at radius 1 is 0.933 bits per heavy atom. The van der Waals surface area contributed by atoms with Crippen LogP contribution in [0.15, 0.2) is 48.5 Å². The normalized spacial score (nSPS) is 14.1. The maximum atomic E-state index is 13.4. The van der Waals surface area contributed by atoms with E-state index in [2.05, 4.69) is 0 Å². The number of carbonyl (C=O) groups is 3. The molecule has 1 aliphatic carbocycles. The van der Waals surface area contributed by atoms with Crippen molar-refractivity contribution in [3.8, 4) is 5.75 Å². The fourth-order valence-electron chi connectivity index (χ4n) is 3.90. The third-order valence-electron chi connectivity index (χ3n) is 5.66. The van der Waals surface area contributed by atoms with Gasteiger partial charge in [0, 0.05) is 23.8 Å². The minimum atomic E-state index is -0.817. The number of carbonyl (C=O) groups excluding carboxylic acids is 3. The lowest BCUT2D eigenvalue weighted by molar-refractivity contribution is -0.141. The van der Waals surface area contributed by atoms with Gasteiger partial charge >= 0.3 is 11.9 Å². The van der Waals surface area contributed by atoms with Crippen molar-refractivity contribution in [2.45, 2.75) is 38.7 Å². The molecule has 1 aliphatic rings. The van der Waals surface area contributed by atoms with Gasteiger partial charge in [-0.1, -0.05) is 36.4 Å². The number of fused-ring (bicyclic) bond motifs is 1. The molecule has 0 radical (unpaired) electrons. The second-order valence-corrected chi connectivity index (χ2v) is 7.53. The van der Waals surface area contributed by atoms with Crippen LogP contribution in [0.4, 0.5) is 0 Å². The van der Waals surface area contributed by atoms with Crippen molar-refractivity contribution in [3.05, 3.63) is 65.2 Å². The first-order valence-corrected chi connectivity index (χ1v) is 9.95. The summed E-state index contributed by atoms with van der Waals surface area (Å²) in [6.07, 6.45) is 1.37. The van der Waals surface area contributed by atoms with Gasteiger partial charge in [0.2, 0.25) is 0 Å². The summed E-state index contributed by atoms with van der Waals surface area (Å²) in [7, 11) is 2.65. The Kier molecular flexibility index (Phi) is 6.87. The summed E-state index contributed by atoms with van der Waals surface area (Å²) in [6.45, 7) is 0.406. The van der Waals surface area contributed by atoms with Gasteiger partial charge in [0.15, 0.2) is 5.78 Å². The second-order valence-electron chi connectivity index (χ2n) is 7.53. The molecule has 0 amide bonds. The highest BCUT2D eigenvalue weighted by molar-refractivity contribution is 6.05. The van der Waals surface area contributed by atoms with Gasteiger partial charge in [-0.05, 0) is 42.5 Å². The lowest BCUT2D eigenvalue weighted by Crippen LogP contribution is -2.30. The molecular weight excluding hydrogens is 384 g/mol. The van der Waals surface area contributed by atoms with E-state index < -0.39 is 5.41 Å². The van der Waals surface area contributed by atoms with Gasteiger partial charge in [0.1, 0.15) is 12.4 Å². The Bertz CT molecular complexity index is 899. The van der Waals surface area contributed by atoms with Gasteiger partial charge in [-0.15, -0.1) is 0 Å². The number of rotatable bonds is 9. The van der Waals surface area contributed by atoms with Crippen LogP contribution in [0.2, 0.25) is 0 Å². The predicted octanol–water partition coefficient (Wildman–Crippen LogP) is 3.90. The largest absolute Gasteiger partial charge is 0.489 e. The molecule has 0 saturated carbocycles. The zero-order valence-corrected chi connectivity index (χ0v) is 17.3. The van der Waals surface area contributed by atoms with Crippen LogP contribution < -0.4 is 4.74 Å². The van der Waals surface area contributed by atoms with Crippen molar-refractivity contribution >= 4 is 17.7 Å². The molecule has 0 fully saturated rings. The van der Waals surface area contributed by atoms with Gasteiger partial charge in [-0.2, -0.15) is 0 Å². The average molecular weight is 410 g/mol. The number of ketones is 1. The monoisotopic (exact) mass is 410 g/mol. The van der Waals surface area contributed by atoms with Crippen LogP contribution in [0.25, 0.3) is 0 Å². The quantitative estimate of drug-likeness (QED) is 0.584. The Labute approximate surface area is 176 Å². The number of benzene rings is 2. The van der Waals surface area contributed by atoms with Crippen LogP contribution in [0.5, 0.6) is 5.75 Å². The fourth-order valence-corrected chi connectivity index (χ4v) is 3.90. The molecule has 0 atom stereocenters. The summed E-state index contributed by atoms with van der Waals surface area (Å²) in [5, 5.41) is 0. The Morgan fingerprint density at radius 3 is 2.17 bits per heavy atom. The molecule has 158 valence electrons. The average Bonchev–Trinajstić information content (AvgIpc) is 3.06. The van der Waals surface area contributed by atoms with Crippen LogP contribution in [0.3, 0.4) is 0 Å². The standard InChI is InChI=1S/C24H26O6/c1-28-21(25)10-12-24(13-11-22(26)29-2)15-18-8-9-19(14-20(18)23(24)27)30-16-17-6-4-3-5-7-17/h3-9,14H,10-13,15-16H2,1-2H3. The van der Waals surface area contributed by atoms with Crippen LogP contribution in [0.1, 0.15) is 47.2 Å². The zero-order chi connectivity index (χ0) is 21.6. The number of hydrogen-bond acceptors (Lipinski definition) is 6. The SMILES string of the molecule is COC(=O)CCC1(CCC(=O)OC)Cc2ccc(OCc3ccccc3)cc2C1=O. The van der Waals surface area contributed by atoms with Crippen molar-refractivity contribution in [1.82, 2.24) is 0 Å². The second kappa shape index (κ2) is 9.57. The summed E-state index contributed by atoms with van der Waals surface area (Å²) in [4.78, 5) is 36.8. The molecule has 0 heterocycles. The van der Waals surface area contributed by atoms with E-state index in [1.54, 1.807) is 6.07 Å². The van der Waals surface area contributed by atoms with Crippen LogP contribution in [-0.4, -0.2) is 31.9 Å². The molecule has 30 heavy (non-hydrogen) atoms. The van der Waals surface area contributed by atoms with Gasteiger partial charge in [0.25, 0.3) is 0 Å². The number of Topliss-reactive ketones (excluding diaryl/α,β-unsaturated/α-hetero) is 1. The third-order valence-corrected chi connectivity index (χ3v) is 5.66. The molecule has 0 bridgehead atoms. The fraction of sp³-hybridized carbons (Fsp3) is 0.375. The van der Waals surface area contributed by atoms with Gasteiger partial charge in [0.05, 0.1) is 14.2 Å². The number of esters is 2. The molecule has 3 rings (SSSR count). The Hall–Kier alpha value is -3.15. The molecule has 0 unspecified atom stereocenters. The lowest BCUT2D eigenvalue weighted by atomic mass is 9.75. The lowest BCUT2D eigenvalue weighted by Gasteiger charge is -2.26. The number of hydrogen-bond donors (Lipinski definition) is 0. The summed E-state index contributed by atoms with van der Waals surface area (Å²) in [5.74, 6) is -0.190. The van der Waals surface area contributed by atoms with Crippen molar-refractivity contribution < 1.29 is 28.6 Å². The molecule has 6 heteroatoms. The molecule has 2 aromatic carbocycles. The first kappa shape index (κ1) is 21.6. The van der Waals surface area contributed by atoms with E-state index in [1.165, 1.54) is 14.2 Å². The van der Waals surface area contributed by atoms with Gasteiger partial charge in [-0.3, -0.25) is 14.4 Å². The van der Waals surface area contributed by atoms with Crippen LogP contribution in [-0.2, 0) is 32.1 Å². The molecule has 2 aromatic rings. The highest BCUT2D eigenvalue weighted by Crippen LogP contribution is 2.45. The van der Waals surface area contributed by atoms with E-state index >= 15 is 0 Å². The molecular formula is C24H26O6. The van der Waals surface area contributed by atoms with Crippen molar-refractivity contribution in [1.29, 1.82) is 0 Å². The molecule has 0 aliphatic heterocycles. The summed E-state index contributed by atoms with van der Waals surface area (Å²) < 4.78 is 15.4. The smallest absolute Gasteiger partial charge is 0.305 e. The van der Waals surface area contributed by atoms with Crippen molar-refractivity contribution in [3.63, 3.8) is 0 Å². The minimum Gasteiger partial charge on any atom is -0.489 e. The minimum absolute atomic E-state index is 0.0598. The van der Waals surface area contributed by atoms with E-state index in [-0.39, 0.29) is 30.6 Å². The van der Waals surface area contributed by atoms with E-state index in [0.717, 1.165) is 11.1 Å². The molecule has 6 nitrogen and oxygen atoms in total. The topological polar surface area (TPSA) is 78.9 Å². The van der Waals surface area contributed by atoms with E-state index in [4.69, 9.17) is 14.2 Å². The number of methoxy groups -OCH3 is 2. The summed E-state index contributed by atoms with van der Waals surface area (Å²) >= 11 is 0. The molecule has 0 spiro atoms. The summed E-state index contributed by atoms with van der Waals surface area (Å²) in [6, 6.07) is 15.3. The first-order valence-electron chi connectivity index (χ1n) is 9.95. The molecule has 0 N–H and O–H groups in total.